The Morgan fingerprint density at radius 1 is 1.18 bits per heavy atom. The predicted octanol–water partition coefficient (Wildman–Crippen LogP) is 3.54. The molecule has 1 aliphatic heterocycles. The van der Waals surface area contributed by atoms with E-state index in [4.69, 9.17) is 0 Å². The van der Waals surface area contributed by atoms with Gasteiger partial charge in [0.2, 0.25) is 0 Å². The van der Waals surface area contributed by atoms with Gasteiger partial charge in [-0.1, -0.05) is 36.4 Å². The van der Waals surface area contributed by atoms with Crippen LogP contribution in [0.5, 0.6) is 5.75 Å². The van der Waals surface area contributed by atoms with Crippen molar-refractivity contribution in [3.8, 4) is 5.75 Å². The number of allylic oxidation sites excluding steroid dienone is 1. The molecule has 112 valence electrons. The van der Waals surface area contributed by atoms with E-state index in [0.29, 0.717) is 5.56 Å². The van der Waals surface area contributed by atoms with Crippen LogP contribution in [0.2, 0.25) is 0 Å². The number of fused-ring (bicyclic) bond motifs is 1. The van der Waals surface area contributed by atoms with E-state index in [0.717, 1.165) is 17.7 Å². The predicted molar refractivity (Wildman–Crippen MR) is 87.8 cm³/mol. The monoisotopic (exact) mass is 293 g/mol. The van der Waals surface area contributed by atoms with E-state index in [2.05, 4.69) is 25.2 Å². The highest BCUT2D eigenvalue weighted by molar-refractivity contribution is 6.08. The van der Waals surface area contributed by atoms with E-state index < -0.39 is 0 Å². The summed E-state index contributed by atoms with van der Waals surface area (Å²) in [4.78, 5) is 12.5. The van der Waals surface area contributed by atoms with Crippen molar-refractivity contribution in [2.45, 2.75) is 25.8 Å². The zero-order valence-electron chi connectivity index (χ0n) is 12.8. The van der Waals surface area contributed by atoms with E-state index in [1.165, 1.54) is 11.6 Å². The van der Waals surface area contributed by atoms with Gasteiger partial charge in [0, 0.05) is 28.4 Å². The molecule has 0 amide bonds. The third-order valence-electron chi connectivity index (χ3n) is 3.82. The van der Waals surface area contributed by atoms with Gasteiger partial charge in [0.1, 0.15) is 5.75 Å². The van der Waals surface area contributed by atoms with E-state index in [9.17, 15) is 9.90 Å². The van der Waals surface area contributed by atoms with Gasteiger partial charge < -0.3 is 10.4 Å². The van der Waals surface area contributed by atoms with Crippen molar-refractivity contribution in [2.24, 2.45) is 0 Å². The number of ketones is 1. The number of carbonyl (C=O) groups is 1. The van der Waals surface area contributed by atoms with Crippen LogP contribution in [0.3, 0.4) is 0 Å². The standard InChI is InChI=1S/C19H19NO2/c1-19(2)12-14-6-3-4-9-16(14)17(20-19)11-18(22)13-7-5-8-15(21)10-13/h3-11,20-21H,12H2,1-2H3. The fraction of sp³-hybridized carbons (Fsp3) is 0.211. The Bertz CT molecular complexity index is 760. The highest BCUT2D eigenvalue weighted by Gasteiger charge is 2.27. The van der Waals surface area contributed by atoms with Gasteiger partial charge in [-0.15, -0.1) is 0 Å². The number of benzene rings is 2. The first-order valence-electron chi connectivity index (χ1n) is 7.36. The summed E-state index contributed by atoms with van der Waals surface area (Å²) < 4.78 is 0. The average Bonchev–Trinajstić information content (AvgIpc) is 2.46. The molecule has 0 fully saturated rings. The van der Waals surface area contributed by atoms with Gasteiger partial charge in [0.05, 0.1) is 0 Å². The highest BCUT2D eigenvalue weighted by Crippen LogP contribution is 2.29. The summed E-state index contributed by atoms with van der Waals surface area (Å²) in [5, 5.41) is 13.0. The largest absolute Gasteiger partial charge is 0.508 e. The van der Waals surface area contributed by atoms with Crippen molar-refractivity contribution >= 4 is 11.5 Å². The first-order chi connectivity index (χ1) is 10.4. The van der Waals surface area contributed by atoms with Crippen LogP contribution in [0.4, 0.5) is 0 Å². The van der Waals surface area contributed by atoms with Crippen molar-refractivity contribution in [3.63, 3.8) is 0 Å². The quantitative estimate of drug-likeness (QED) is 0.657. The van der Waals surface area contributed by atoms with E-state index in [1.807, 2.05) is 18.2 Å². The minimum Gasteiger partial charge on any atom is -0.508 e. The summed E-state index contributed by atoms with van der Waals surface area (Å²) in [6, 6.07) is 14.6. The number of hydrogen-bond donors (Lipinski definition) is 2. The van der Waals surface area contributed by atoms with Gasteiger partial charge in [-0.3, -0.25) is 4.79 Å². The Morgan fingerprint density at radius 2 is 1.95 bits per heavy atom. The average molecular weight is 293 g/mol. The van der Waals surface area contributed by atoms with Crippen LogP contribution in [0.15, 0.2) is 54.6 Å². The summed E-state index contributed by atoms with van der Waals surface area (Å²) in [6.45, 7) is 4.24. The number of carbonyl (C=O) groups excluding carboxylic acids is 1. The lowest BCUT2D eigenvalue weighted by atomic mass is 9.85. The Morgan fingerprint density at radius 3 is 2.73 bits per heavy atom. The fourth-order valence-electron chi connectivity index (χ4n) is 2.88. The second kappa shape index (κ2) is 5.34. The molecule has 3 rings (SSSR count). The SMILES string of the molecule is CC1(C)Cc2ccccc2C(=CC(=O)c2cccc(O)c2)N1. The molecule has 2 aromatic rings. The first kappa shape index (κ1) is 14.4. The van der Waals surface area contributed by atoms with Gasteiger partial charge in [-0.25, -0.2) is 0 Å². The lowest BCUT2D eigenvalue weighted by molar-refractivity contribution is 0.104. The number of aromatic hydroxyl groups is 1. The summed E-state index contributed by atoms with van der Waals surface area (Å²) >= 11 is 0. The topological polar surface area (TPSA) is 49.3 Å². The second-order valence-corrected chi connectivity index (χ2v) is 6.32. The second-order valence-electron chi connectivity index (χ2n) is 6.32. The molecule has 0 aromatic heterocycles. The molecular formula is C19H19NO2. The van der Waals surface area contributed by atoms with Crippen molar-refractivity contribution in [3.05, 3.63) is 71.3 Å². The minimum atomic E-state index is -0.120. The fourth-order valence-corrected chi connectivity index (χ4v) is 2.88. The van der Waals surface area contributed by atoms with Crippen LogP contribution in [-0.2, 0) is 6.42 Å². The molecular weight excluding hydrogens is 274 g/mol. The smallest absolute Gasteiger partial charge is 0.188 e. The van der Waals surface area contributed by atoms with E-state index in [1.54, 1.807) is 24.3 Å². The molecule has 0 radical (unpaired) electrons. The molecule has 0 aliphatic carbocycles. The lowest BCUT2D eigenvalue weighted by Crippen LogP contribution is -2.43. The van der Waals surface area contributed by atoms with Crippen molar-refractivity contribution in [1.82, 2.24) is 5.32 Å². The Kier molecular flexibility index (Phi) is 3.49. The molecule has 0 saturated carbocycles. The van der Waals surface area contributed by atoms with Crippen LogP contribution in [-0.4, -0.2) is 16.4 Å². The molecule has 0 unspecified atom stereocenters. The molecule has 3 nitrogen and oxygen atoms in total. The summed E-state index contributed by atoms with van der Waals surface area (Å²) in [5.41, 5.74) is 3.52. The van der Waals surface area contributed by atoms with Gasteiger partial charge in [-0.05, 0) is 38.0 Å². The van der Waals surface area contributed by atoms with Gasteiger partial charge >= 0.3 is 0 Å². The molecule has 0 saturated heterocycles. The van der Waals surface area contributed by atoms with Crippen molar-refractivity contribution in [1.29, 1.82) is 0 Å². The van der Waals surface area contributed by atoms with Crippen LogP contribution < -0.4 is 5.32 Å². The zero-order chi connectivity index (χ0) is 15.7. The van der Waals surface area contributed by atoms with E-state index in [-0.39, 0.29) is 17.1 Å². The molecule has 2 N–H and O–H groups in total. The summed E-state index contributed by atoms with van der Waals surface area (Å²) in [6.07, 6.45) is 2.54. The maximum absolute atomic E-state index is 12.5. The number of hydrogen-bond acceptors (Lipinski definition) is 3. The highest BCUT2D eigenvalue weighted by atomic mass is 16.3. The number of nitrogens with one attached hydrogen (secondary N) is 1. The van der Waals surface area contributed by atoms with Crippen LogP contribution in [0.1, 0.15) is 35.3 Å². The molecule has 1 heterocycles. The number of phenols is 1. The van der Waals surface area contributed by atoms with Crippen molar-refractivity contribution < 1.29 is 9.90 Å². The first-order valence-corrected chi connectivity index (χ1v) is 7.36. The third kappa shape index (κ3) is 2.89. The Hall–Kier alpha value is -2.55. The molecule has 0 atom stereocenters. The summed E-state index contributed by atoms with van der Waals surface area (Å²) in [5.74, 6) is -0.0208. The van der Waals surface area contributed by atoms with Gasteiger partial charge in [-0.2, -0.15) is 0 Å². The maximum atomic E-state index is 12.5. The molecule has 1 aliphatic rings. The minimum absolute atomic E-state index is 0.0979. The molecule has 0 bridgehead atoms. The molecule has 0 spiro atoms. The maximum Gasteiger partial charge on any atom is 0.188 e. The third-order valence-corrected chi connectivity index (χ3v) is 3.82. The van der Waals surface area contributed by atoms with Crippen LogP contribution in [0, 0.1) is 0 Å². The summed E-state index contributed by atoms with van der Waals surface area (Å²) in [7, 11) is 0. The van der Waals surface area contributed by atoms with Crippen LogP contribution >= 0.6 is 0 Å². The molecule has 22 heavy (non-hydrogen) atoms. The normalized spacial score (nSPS) is 17.6. The number of rotatable bonds is 2. The van der Waals surface area contributed by atoms with E-state index >= 15 is 0 Å². The Labute approximate surface area is 130 Å². The van der Waals surface area contributed by atoms with Gasteiger partial charge in [0.15, 0.2) is 5.78 Å². The molecule has 3 heteroatoms. The lowest BCUT2D eigenvalue weighted by Gasteiger charge is -2.35. The van der Waals surface area contributed by atoms with Crippen molar-refractivity contribution in [2.75, 3.05) is 0 Å². The molecule has 2 aromatic carbocycles. The Balaban J connectivity index is 2.01. The zero-order valence-corrected chi connectivity index (χ0v) is 12.8. The number of phenolic OH excluding ortho intramolecular Hbond substituents is 1. The van der Waals surface area contributed by atoms with Gasteiger partial charge in [0.25, 0.3) is 0 Å². The van der Waals surface area contributed by atoms with Crippen LogP contribution in [0.25, 0.3) is 5.70 Å².